The van der Waals surface area contributed by atoms with Crippen molar-refractivity contribution in [2.75, 3.05) is 20.3 Å². The number of rotatable bonds is 8. The fourth-order valence-electron chi connectivity index (χ4n) is 2.56. The Morgan fingerprint density at radius 1 is 1.03 bits per heavy atom. The minimum atomic E-state index is -0.292. The molecule has 29 heavy (non-hydrogen) atoms. The largest absolute Gasteiger partial charge is 0.497 e. The lowest BCUT2D eigenvalue weighted by Crippen LogP contribution is -2.34. The number of nitrogens with one attached hydrogen (secondary N) is 1. The zero-order valence-electron chi connectivity index (χ0n) is 15.8. The summed E-state index contributed by atoms with van der Waals surface area (Å²) < 4.78 is 11.8. The number of halogens is 1. The summed E-state index contributed by atoms with van der Waals surface area (Å²) in [6, 6.07) is 17.2. The van der Waals surface area contributed by atoms with Crippen molar-refractivity contribution in [1.82, 2.24) is 15.1 Å². The number of nitrogens with zero attached hydrogens (tertiary/aromatic N) is 2. The van der Waals surface area contributed by atoms with Gasteiger partial charge in [0.05, 0.1) is 19.3 Å². The topological polar surface area (TPSA) is 82.5 Å². The van der Waals surface area contributed by atoms with E-state index in [9.17, 15) is 9.59 Å². The third-order valence-electron chi connectivity index (χ3n) is 4.08. The van der Waals surface area contributed by atoms with Gasteiger partial charge in [0.15, 0.2) is 6.61 Å². The number of ether oxygens (including phenoxy) is 2. The van der Waals surface area contributed by atoms with Crippen molar-refractivity contribution in [3.8, 4) is 22.8 Å². The van der Waals surface area contributed by atoms with Crippen LogP contribution in [0.4, 0.5) is 0 Å². The number of methoxy groups -OCH3 is 1. The van der Waals surface area contributed by atoms with Crippen molar-refractivity contribution >= 4 is 17.5 Å². The number of carbonyl (C=O) groups is 1. The van der Waals surface area contributed by atoms with Gasteiger partial charge in [0, 0.05) is 23.2 Å². The average molecular weight is 414 g/mol. The number of amides is 1. The smallest absolute Gasteiger partial charge is 0.266 e. The van der Waals surface area contributed by atoms with Gasteiger partial charge >= 0.3 is 0 Å². The van der Waals surface area contributed by atoms with E-state index in [0.29, 0.717) is 16.5 Å². The average Bonchev–Trinajstić information content (AvgIpc) is 2.75. The minimum absolute atomic E-state index is 0.129. The summed E-state index contributed by atoms with van der Waals surface area (Å²) in [4.78, 5) is 24.0. The predicted octanol–water partition coefficient (Wildman–Crippen LogP) is 2.77. The van der Waals surface area contributed by atoms with Gasteiger partial charge in [0.25, 0.3) is 11.5 Å². The molecule has 0 atom stereocenters. The van der Waals surface area contributed by atoms with Gasteiger partial charge in [-0.05, 0) is 54.6 Å². The summed E-state index contributed by atoms with van der Waals surface area (Å²) in [7, 11) is 1.60. The molecule has 1 amide bonds. The molecule has 0 unspecified atom stereocenters. The maximum Gasteiger partial charge on any atom is 0.266 e. The van der Waals surface area contributed by atoms with Crippen LogP contribution in [0.3, 0.4) is 0 Å². The molecule has 0 saturated heterocycles. The second kappa shape index (κ2) is 9.75. The Morgan fingerprint density at radius 3 is 2.41 bits per heavy atom. The molecule has 0 aliphatic heterocycles. The molecule has 2 aromatic carbocycles. The Hall–Kier alpha value is -3.32. The van der Waals surface area contributed by atoms with Gasteiger partial charge in [-0.25, -0.2) is 4.68 Å². The Morgan fingerprint density at radius 2 is 1.72 bits per heavy atom. The van der Waals surface area contributed by atoms with Crippen LogP contribution >= 0.6 is 11.6 Å². The SMILES string of the molecule is COc1ccc(-c2ccc(=O)n(CCNC(=O)COc3ccc(Cl)cc3)n2)cc1. The Bertz CT molecular complexity index is 1020. The number of aromatic nitrogens is 2. The van der Waals surface area contributed by atoms with Gasteiger partial charge in [-0.15, -0.1) is 0 Å². The highest BCUT2D eigenvalue weighted by molar-refractivity contribution is 6.30. The zero-order valence-corrected chi connectivity index (χ0v) is 16.6. The van der Waals surface area contributed by atoms with E-state index in [1.54, 1.807) is 37.4 Å². The van der Waals surface area contributed by atoms with Gasteiger partial charge in [0.2, 0.25) is 0 Å². The quantitative estimate of drug-likeness (QED) is 0.614. The number of benzene rings is 2. The highest BCUT2D eigenvalue weighted by Crippen LogP contribution is 2.19. The maximum absolute atomic E-state index is 12.0. The number of hydrogen-bond acceptors (Lipinski definition) is 5. The second-order valence-corrected chi connectivity index (χ2v) is 6.54. The van der Waals surface area contributed by atoms with Gasteiger partial charge in [0.1, 0.15) is 11.5 Å². The van der Waals surface area contributed by atoms with E-state index < -0.39 is 0 Å². The van der Waals surface area contributed by atoms with Crippen LogP contribution in [0.5, 0.6) is 11.5 Å². The van der Waals surface area contributed by atoms with E-state index in [1.807, 2.05) is 24.3 Å². The summed E-state index contributed by atoms with van der Waals surface area (Å²) >= 11 is 5.80. The predicted molar refractivity (Wildman–Crippen MR) is 110 cm³/mol. The fraction of sp³-hybridized carbons (Fsp3) is 0.190. The van der Waals surface area contributed by atoms with Gasteiger partial charge in [-0.1, -0.05) is 11.6 Å². The van der Waals surface area contributed by atoms with Crippen molar-refractivity contribution < 1.29 is 14.3 Å². The monoisotopic (exact) mass is 413 g/mol. The molecule has 0 spiro atoms. The first-order valence-corrected chi connectivity index (χ1v) is 9.30. The number of carbonyl (C=O) groups excluding carboxylic acids is 1. The molecule has 0 fully saturated rings. The maximum atomic E-state index is 12.0. The highest BCUT2D eigenvalue weighted by atomic mass is 35.5. The van der Waals surface area contributed by atoms with E-state index in [2.05, 4.69) is 10.4 Å². The molecule has 3 aromatic rings. The number of hydrogen-bond donors (Lipinski definition) is 1. The first-order chi connectivity index (χ1) is 14.0. The molecule has 0 aliphatic carbocycles. The van der Waals surface area contributed by atoms with Crippen LogP contribution in [0.25, 0.3) is 11.3 Å². The summed E-state index contributed by atoms with van der Waals surface area (Å²) in [6.07, 6.45) is 0. The molecule has 150 valence electrons. The molecule has 1 heterocycles. The van der Waals surface area contributed by atoms with Crippen molar-refractivity contribution in [1.29, 1.82) is 0 Å². The van der Waals surface area contributed by atoms with Crippen molar-refractivity contribution in [2.24, 2.45) is 0 Å². The van der Waals surface area contributed by atoms with Crippen LogP contribution in [0, 0.1) is 0 Å². The third kappa shape index (κ3) is 5.83. The highest BCUT2D eigenvalue weighted by Gasteiger charge is 2.06. The first kappa shape index (κ1) is 20.4. The van der Waals surface area contributed by atoms with Gasteiger partial charge < -0.3 is 14.8 Å². The van der Waals surface area contributed by atoms with Crippen LogP contribution in [-0.4, -0.2) is 35.9 Å². The van der Waals surface area contributed by atoms with Crippen LogP contribution in [-0.2, 0) is 11.3 Å². The van der Waals surface area contributed by atoms with Crippen molar-refractivity contribution in [3.63, 3.8) is 0 Å². The van der Waals surface area contributed by atoms with Crippen molar-refractivity contribution in [2.45, 2.75) is 6.54 Å². The lowest BCUT2D eigenvalue weighted by molar-refractivity contribution is -0.123. The molecule has 8 heteroatoms. The molecule has 0 aliphatic rings. The lowest BCUT2D eigenvalue weighted by atomic mass is 10.1. The zero-order chi connectivity index (χ0) is 20.6. The van der Waals surface area contributed by atoms with E-state index in [-0.39, 0.29) is 31.2 Å². The van der Waals surface area contributed by atoms with Crippen LogP contribution in [0.15, 0.2) is 65.5 Å². The van der Waals surface area contributed by atoms with E-state index >= 15 is 0 Å². The fourth-order valence-corrected chi connectivity index (χ4v) is 2.68. The van der Waals surface area contributed by atoms with E-state index in [0.717, 1.165) is 11.3 Å². The standard InChI is InChI=1S/C21H20ClN3O4/c1-28-17-6-2-15(3-7-17)19-10-11-21(27)25(24-19)13-12-23-20(26)14-29-18-8-4-16(22)5-9-18/h2-11H,12-14H2,1H3,(H,23,26). The third-order valence-corrected chi connectivity index (χ3v) is 4.33. The Labute approximate surface area is 172 Å². The first-order valence-electron chi connectivity index (χ1n) is 8.93. The van der Waals surface area contributed by atoms with Crippen LogP contribution < -0.4 is 20.3 Å². The Kier molecular flexibility index (Phi) is 6.86. The van der Waals surface area contributed by atoms with Crippen molar-refractivity contribution in [3.05, 3.63) is 76.0 Å². The van der Waals surface area contributed by atoms with E-state index in [4.69, 9.17) is 21.1 Å². The molecule has 0 radical (unpaired) electrons. The minimum Gasteiger partial charge on any atom is -0.497 e. The van der Waals surface area contributed by atoms with Gasteiger partial charge in [-0.3, -0.25) is 9.59 Å². The van der Waals surface area contributed by atoms with E-state index in [1.165, 1.54) is 10.7 Å². The summed E-state index contributed by atoms with van der Waals surface area (Å²) in [6.45, 7) is 0.368. The second-order valence-electron chi connectivity index (χ2n) is 6.10. The molecule has 0 bridgehead atoms. The molecular weight excluding hydrogens is 394 g/mol. The molecule has 1 N–H and O–H groups in total. The lowest BCUT2D eigenvalue weighted by Gasteiger charge is -2.10. The summed E-state index contributed by atoms with van der Waals surface area (Å²) in [5, 5.41) is 7.67. The summed E-state index contributed by atoms with van der Waals surface area (Å²) in [5.41, 5.74) is 1.28. The molecule has 3 rings (SSSR count). The van der Waals surface area contributed by atoms with Crippen LogP contribution in [0.2, 0.25) is 5.02 Å². The molecule has 1 aromatic heterocycles. The van der Waals surface area contributed by atoms with Crippen LogP contribution in [0.1, 0.15) is 0 Å². The summed E-state index contributed by atoms with van der Waals surface area (Å²) in [5.74, 6) is 1.000. The normalized spacial score (nSPS) is 10.4. The molecule has 7 nitrogen and oxygen atoms in total. The molecular formula is C21H20ClN3O4. The van der Waals surface area contributed by atoms with Gasteiger partial charge in [-0.2, -0.15) is 5.10 Å². The molecule has 0 saturated carbocycles. The Balaban J connectivity index is 1.53.